The van der Waals surface area contributed by atoms with Crippen LogP contribution in [-0.2, 0) is 9.47 Å². The number of rotatable bonds is 16. The van der Waals surface area contributed by atoms with Gasteiger partial charge in [-0.3, -0.25) is 0 Å². The highest BCUT2D eigenvalue weighted by Gasteiger charge is 2.36. The number of methoxy groups -OCH3 is 2. The van der Waals surface area contributed by atoms with E-state index in [0.717, 1.165) is 19.4 Å². The van der Waals surface area contributed by atoms with Gasteiger partial charge in [0.2, 0.25) is 0 Å². The summed E-state index contributed by atoms with van der Waals surface area (Å²) in [4.78, 5) is 0. The molecule has 22 heavy (non-hydrogen) atoms. The number of ether oxygens (including phenoxy) is 2. The molecule has 4 heteroatoms. The summed E-state index contributed by atoms with van der Waals surface area (Å²) >= 11 is 0. The van der Waals surface area contributed by atoms with Crippen molar-refractivity contribution in [3.05, 3.63) is 0 Å². The maximum Gasteiger partial charge on any atom is 0.174 e. The van der Waals surface area contributed by atoms with Gasteiger partial charge in [0.25, 0.3) is 0 Å². The molecule has 0 aliphatic heterocycles. The minimum absolute atomic E-state index is 0.120. The summed E-state index contributed by atoms with van der Waals surface area (Å²) in [6, 6.07) is 0. The fourth-order valence-electron chi connectivity index (χ4n) is 3.20. The van der Waals surface area contributed by atoms with Gasteiger partial charge < -0.3 is 20.5 Å². The Morgan fingerprint density at radius 1 is 0.909 bits per heavy atom. The molecule has 0 bridgehead atoms. The van der Waals surface area contributed by atoms with E-state index < -0.39 is 0 Å². The van der Waals surface area contributed by atoms with Crippen molar-refractivity contribution in [1.82, 2.24) is 5.32 Å². The van der Waals surface area contributed by atoms with Gasteiger partial charge in [-0.25, -0.2) is 0 Å². The second kappa shape index (κ2) is 14.4. The van der Waals surface area contributed by atoms with Crippen LogP contribution in [0, 0.1) is 0 Å². The lowest BCUT2D eigenvalue weighted by molar-refractivity contribution is -0.159. The van der Waals surface area contributed by atoms with Crippen molar-refractivity contribution >= 4 is 0 Å². The predicted molar refractivity (Wildman–Crippen MR) is 95.1 cm³/mol. The Morgan fingerprint density at radius 3 is 1.91 bits per heavy atom. The Kier molecular flexibility index (Phi) is 14.3. The first-order valence-corrected chi connectivity index (χ1v) is 9.21. The first-order valence-electron chi connectivity index (χ1n) is 9.21. The van der Waals surface area contributed by atoms with Gasteiger partial charge in [0.15, 0.2) is 6.29 Å². The molecule has 0 aliphatic rings. The van der Waals surface area contributed by atoms with Crippen molar-refractivity contribution in [2.45, 2.75) is 89.9 Å². The average molecular weight is 317 g/mol. The number of hydrogen-bond donors (Lipinski definition) is 2. The molecule has 0 radical (unpaired) electrons. The van der Waals surface area contributed by atoms with Crippen molar-refractivity contribution in [2.75, 3.05) is 27.3 Å². The third-order valence-electron chi connectivity index (χ3n) is 4.61. The van der Waals surface area contributed by atoms with Crippen molar-refractivity contribution in [1.29, 1.82) is 0 Å². The van der Waals surface area contributed by atoms with Crippen molar-refractivity contribution < 1.29 is 9.47 Å². The van der Waals surface area contributed by atoms with Crippen LogP contribution in [0.4, 0.5) is 0 Å². The summed E-state index contributed by atoms with van der Waals surface area (Å²) < 4.78 is 11.1. The van der Waals surface area contributed by atoms with Gasteiger partial charge >= 0.3 is 0 Å². The summed E-state index contributed by atoms with van der Waals surface area (Å²) in [5.41, 5.74) is 5.54. The Balaban J connectivity index is 4.17. The maximum absolute atomic E-state index is 5.66. The zero-order valence-electron chi connectivity index (χ0n) is 15.5. The van der Waals surface area contributed by atoms with E-state index in [1.54, 1.807) is 14.2 Å². The molecule has 1 unspecified atom stereocenters. The van der Waals surface area contributed by atoms with Gasteiger partial charge in [-0.05, 0) is 12.8 Å². The SMILES string of the molecule is CCCCCCCCCCC(CC)(NCCN)C(OC)OC. The summed E-state index contributed by atoms with van der Waals surface area (Å²) in [6.07, 6.45) is 12.5. The Morgan fingerprint density at radius 2 is 1.45 bits per heavy atom. The Labute approximate surface area is 138 Å². The zero-order chi connectivity index (χ0) is 16.7. The van der Waals surface area contributed by atoms with E-state index in [4.69, 9.17) is 15.2 Å². The lowest BCUT2D eigenvalue weighted by atomic mass is 9.88. The fourth-order valence-corrected chi connectivity index (χ4v) is 3.20. The monoisotopic (exact) mass is 316 g/mol. The van der Waals surface area contributed by atoms with E-state index in [0.29, 0.717) is 6.54 Å². The highest BCUT2D eigenvalue weighted by molar-refractivity contribution is 4.90. The van der Waals surface area contributed by atoms with Gasteiger partial charge in [0.1, 0.15) is 0 Å². The van der Waals surface area contributed by atoms with Crippen LogP contribution in [0.15, 0.2) is 0 Å². The van der Waals surface area contributed by atoms with Crippen molar-refractivity contribution in [2.24, 2.45) is 5.73 Å². The second-order valence-electron chi connectivity index (χ2n) is 6.25. The topological polar surface area (TPSA) is 56.5 Å². The Bertz CT molecular complexity index is 235. The van der Waals surface area contributed by atoms with Gasteiger partial charge in [0, 0.05) is 27.3 Å². The molecule has 0 spiro atoms. The van der Waals surface area contributed by atoms with E-state index in [1.165, 1.54) is 51.4 Å². The standard InChI is InChI=1S/C18H40N2O2/c1-5-7-8-9-10-11-12-13-14-18(6-2,20-16-15-19)17(21-3)22-4/h17,20H,5-16,19H2,1-4H3. The minimum atomic E-state index is -0.214. The molecule has 0 aromatic heterocycles. The molecule has 0 amide bonds. The first kappa shape index (κ1) is 21.8. The predicted octanol–water partition coefficient (Wildman–Crippen LogP) is 3.83. The lowest BCUT2D eigenvalue weighted by Crippen LogP contribution is -2.56. The summed E-state index contributed by atoms with van der Waals surface area (Å²) in [5.74, 6) is 0. The van der Waals surface area contributed by atoms with Crippen LogP contribution in [0.5, 0.6) is 0 Å². The molecule has 1 atom stereocenters. The normalized spacial score (nSPS) is 14.5. The zero-order valence-corrected chi connectivity index (χ0v) is 15.5. The molecule has 0 aromatic rings. The quantitative estimate of drug-likeness (QED) is 0.335. The van der Waals surface area contributed by atoms with Crippen molar-refractivity contribution in [3.8, 4) is 0 Å². The molecule has 0 saturated heterocycles. The molecule has 3 N–H and O–H groups in total. The number of unbranched alkanes of at least 4 members (excludes halogenated alkanes) is 7. The molecule has 134 valence electrons. The Hall–Kier alpha value is -0.160. The summed E-state index contributed by atoms with van der Waals surface area (Å²) in [6.45, 7) is 5.90. The first-order chi connectivity index (χ1) is 10.7. The van der Waals surface area contributed by atoms with E-state index in [9.17, 15) is 0 Å². The van der Waals surface area contributed by atoms with E-state index >= 15 is 0 Å². The average Bonchev–Trinajstić information content (AvgIpc) is 2.55. The highest BCUT2D eigenvalue weighted by Crippen LogP contribution is 2.26. The number of nitrogens with one attached hydrogen (secondary N) is 1. The smallest absolute Gasteiger partial charge is 0.174 e. The van der Waals surface area contributed by atoms with Crippen LogP contribution in [-0.4, -0.2) is 39.1 Å². The summed E-state index contributed by atoms with van der Waals surface area (Å²) in [7, 11) is 3.44. The number of nitrogens with two attached hydrogens (primary N) is 1. The fraction of sp³-hybridized carbons (Fsp3) is 1.00. The van der Waals surface area contributed by atoms with Crippen LogP contribution in [0.2, 0.25) is 0 Å². The van der Waals surface area contributed by atoms with Crippen LogP contribution in [0.25, 0.3) is 0 Å². The van der Waals surface area contributed by atoms with E-state index in [1.807, 2.05) is 0 Å². The van der Waals surface area contributed by atoms with E-state index in [2.05, 4.69) is 19.2 Å². The second-order valence-corrected chi connectivity index (χ2v) is 6.25. The minimum Gasteiger partial charge on any atom is -0.354 e. The van der Waals surface area contributed by atoms with E-state index in [-0.39, 0.29) is 11.8 Å². The molecule has 0 heterocycles. The highest BCUT2D eigenvalue weighted by atomic mass is 16.7. The molecule has 0 aromatic carbocycles. The van der Waals surface area contributed by atoms with Crippen molar-refractivity contribution in [3.63, 3.8) is 0 Å². The molecule has 0 saturated carbocycles. The molecule has 0 aliphatic carbocycles. The molecule has 4 nitrogen and oxygen atoms in total. The lowest BCUT2D eigenvalue weighted by Gasteiger charge is -2.39. The van der Waals surface area contributed by atoms with Crippen LogP contribution in [0.1, 0.15) is 78.1 Å². The molecular formula is C18H40N2O2. The number of hydrogen-bond acceptors (Lipinski definition) is 4. The maximum atomic E-state index is 5.66. The largest absolute Gasteiger partial charge is 0.354 e. The van der Waals surface area contributed by atoms with Gasteiger partial charge in [-0.2, -0.15) is 0 Å². The van der Waals surface area contributed by atoms with Gasteiger partial charge in [-0.1, -0.05) is 65.2 Å². The summed E-state index contributed by atoms with van der Waals surface area (Å²) in [5, 5.41) is 3.58. The van der Waals surface area contributed by atoms with Gasteiger partial charge in [0.05, 0.1) is 5.54 Å². The molecular weight excluding hydrogens is 276 g/mol. The third-order valence-corrected chi connectivity index (χ3v) is 4.61. The van der Waals surface area contributed by atoms with Gasteiger partial charge in [-0.15, -0.1) is 0 Å². The third kappa shape index (κ3) is 8.47. The molecule has 0 rings (SSSR count). The van der Waals surface area contributed by atoms with Crippen LogP contribution in [0.3, 0.4) is 0 Å². The van der Waals surface area contributed by atoms with Crippen LogP contribution < -0.4 is 11.1 Å². The van der Waals surface area contributed by atoms with Crippen LogP contribution >= 0.6 is 0 Å². The molecule has 0 fully saturated rings.